The van der Waals surface area contributed by atoms with Crippen LogP contribution in [0.4, 0.5) is 22.7 Å². The molecule has 0 saturated carbocycles. The van der Waals surface area contributed by atoms with Crippen molar-refractivity contribution >= 4 is 106 Å². The topological polar surface area (TPSA) is 284 Å². The highest BCUT2D eigenvalue weighted by atomic mass is 32.2. The zero-order valence-electron chi connectivity index (χ0n) is 58.0. The first-order valence-corrected chi connectivity index (χ1v) is 39.0. The van der Waals surface area contributed by atoms with Crippen LogP contribution in [0.3, 0.4) is 0 Å². The van der Waals surface area contributed by atoms with Gasteiger partial charge in [-0.05, 0) is 151 Å². The molecule has 24 heteroatoms. The second kappa shape index (κ2) is 34.5. The summed E-state index contributed by atoms with van der Waals surface area (Å²) in [7, 11) is -12.8. The first kappa shape index (κ1) is 75.4. The number of anilines is 4. The molecule has 0 amide bonds. The van der Waals surface area contributed by atoms with E-state index in [-0.39, 0.29) is 19.6 Å². The molecule has 4 aromatic heterocycles. The molecular weight excluding hydrogens is 1350 g/mol. The van der Waals surface area contributed by atoms with Gasteiger partial charge in [0.15, 0.2) is 0 Å². The summed E-state index contributed by atoms with van der Waals surface area (Å²) < 4.78 is 112. The normalized spacial score (nSPS) is 11.7. The Morgan fingerprint density at radius 1 is 0.327 bits per heavy atom. The van der Waals surface area contributed by atoms with E-state index >= 15 is 0 Å². The van der Waals surface area contributed by atoms with Crippen LogP contribution in [0.1, 0.15) is 79.1 Å². The van der Waals surface area contributed by atoms with Gasteiger partial charge >= 0.3 is 0 Å². The van der Waals surface area contributed by atoms with Gasteiger partial charge in [0.25, 0.3) is 40.1 Å². The van der Waals surface area contributed by atoms with Gasteiger partial charge in [0, 0.05) is 53.8 Å². The van der Waals surface area contributed by atoms with Crippen LogP contribution in [-0.2, 0) is 66.3 Å². The molecule has 8 N–H and O–H groups in total. The zero-order chi connectivity index (χ0) is 72.3. The number of hydrogen-bond donors (Lipinski definition) is 8. The molecule has 0 radical (unpaired) electrons. The van der Waals surface area contributed by atoms with E-state index in [0.29, 0.717) is 77.0 Å². The first-order valence-electron chi connectivity index (χ1n) is 33.1. The van der Waals surface area contributed by atoms with Crippen molar-refractivity contribution in [3.63, 3.8) is 0 Å². The Hall–Kier alpha value is -9.76. The highest BCUT2D eigenvalue weighted by Crippen LogP contribution is 2.30. The van der Waals surface area contributed by atoms with Crippen LogP contribution < -0.4 is 40.2 Å². The predicted octanol–water partition coefficient (Wildman–Crippen LogP) is 14.2. The van der Waals surface area contributed by atoms with Crippen molar-refractivity contribution in [3.05, 3.63) is 263 Å². The van der Waals surface area contributed by atoms with E-state index in [9.17, 15) is 33.7 Å². The highest BCUT2D eigenvalue weighted by molar-refractivity contribution is 7.93. The Labute approximate surface area is 593 Å². The van der Waals surface area contributed by atoms with E-state index in [2.05, 4.69) is 80.9 Å². The van der Waals surface area contributed by atoms with Gasteiger partial charge in [0.05, 0.1) is 87.2 Å². The van der Waals surface area contributed by atoms with Gasteiger partial charge in [0.2, 0.25) is 0 Å². The number of nitrogens with zero attached hydrogens (tertiary/aromatic N) is 4. The minimum absolute atomic E-state index is 0.233. The Balaban J connectivity index is 0.000000157. The van der Waals surface area contributed by atoms with Crippen molar-refractivity contribution in [1.82, 2.24) is 41.2 Å². The Bertz CT molecular complexity index is 5290. The maximum atomic E-state index is 12.7. The lowest BCUT2D eigenvalue weighted by Crippen LogP contribution is -2.22. The van der Waals surface area contributed by atoms with Crippen LogP contribution in [0.2, 0.25) is 0 Å². The summed E-state index contributed by atoms with van der Waals surface area (Å²) >= 11 is 0. The molecule has 20 nitrogen and oxygen atoms in total. The maximum Gasteiger partial charge on any atom is 0.261 e. The fraction of sp³-hybridized carbons (Fsp3) is 0.221. The monoisotopic (exact) mass is 1430 g/mol. The summed E-state index contributed by atoms with van der Waals surface area (Å²) in [5, 5.41) is 16.5. The van der Waals surface area contributed by atoms with Gasteiger partial charge in [-0.25, -0.2) is 53.6 Å². The summed E-state index contributed by atoms with van der Waals surface area (Å²) in [6.45, 7) is 20.3. The van der Waals surface area contributed by atoms with E-state index in [1.54, 1.807) is 121 Å². The van der Waals surface area contributed by atoms with Crippen LogP contribution in [0.5, 0.6) is 0 Å². The molecule has 12 rings (SSSR count). The molecule has 0 bridgehead atoms. The average Bonchev–Trinajstić information content (AvgIpc) is 0.813. The van der Waals surface area contributed by atoms with Gasteiger partial charge in [-0.2, -0.15) is 0 Å². The minimum Gasteiger partial charge on any atom is -0.314 e. The van der Waals surface area contributed by atoms with Crippen LogP contribution in [0.25, 0.3) is 43.6 Å². The lowest BCUT2D eigenvalue weighted by molar-refractivity contribution is 0.582. The number of para-hydroxylation sites is 4. The number of sulfonamides is 4. The third kappa shape index (κ3) is 20.9. The number of aryl methyl sites for hydroxylation is 4. The standard InChI is InChI=1S/2C20H23N3O2S.C19H21N3O2S.C18H19N3O2S/c1-14(2)21-13-17-10-9-16-5-4-6-19(20(16)22-17)23-26(24,25)18-11-7-15(3)8-12-18;1-3-13-21-14-17-10-9-16-5-4-6-19(20(16)22-17)23-26(24,25)18-11-7-15(2)8-12-18;1-3-20-13-16-10-9-15-5-4-6-18(19(15)21-16)22-25(23,24)17-11-7-14(2)8-12-17;1-13-6-10-16(11-7-13)24(22,23)21-17-5-3-4-14-8-9-15(12-19-2)20-18(14)17/h4-12,14,21,23H,13H2,1-3H3;4-12,21,23H,3,13-14H2,1-2H3;4-12,20,22H,3,13H2,1-2H3;3-11,19,21H,12H2,1-2H3. The lowest BCUT2D eigenvalue weighted by Gasteiger charge is -2.12. The van der Waals surface area contributed by atoms with Gasteiger partial charge in [-0.1, -0.05) is 171 Å². The van der Waals surface area contributed by atoms with Crippen molar-refractivity contribution in [2.24, 2.45) is 0 Å². The molecule has 0 aliphatic rings. The smallest absolute Gasteiger partial charge is 0.261 e. The molecule has 12 aromatic rings. The van der Waals surface area contributed by atoms with Crippen LogP contribution in [0, 0.1) is 27.7 Å². The van der Waals surface area contributed by atoms with Gasteiger partial charge in [-0.3, -0.25) is 18.9 Å². The van der Waals surface area contributed by atoms with Crippen molar-refractivity contribution < 1.29 is 33.7 Å². The molecule has 0 atom stereocenters. The quantitative estimate of drug-likeness (QED) is 0.0261. The fourth-order valence-electron chi connectivity index (χ4n) is 10.3. The molecule has 0 saturated heterocycles. The molecule has 526 valence electrons. The van der Waals surface area contributed by atoms with Crippen LogP contribution >= 0.6 is 0 Å². The predicted molar refractivity (Wildman–Crippen MR) is 409 cm³/mol. The van der Waals surface area contributed by atoms with E-state index in [4.69, 9.17) is 0 Å². The minimum atomic E-state index is -3.67. The van der Waals surface area contributed by atoms with Gasteiger partial charge < -0.3 is 21.3 Å². The molecule has 0 unspecified atom stereocenters. The van der Waals surface area contributed by atoms with E-state index in [1.807, 2.05) is 139 Å². The summed E-state index contributed by atoms with van der Waals surface area (Å²) in [5.41, 5.74) is 12.0. The molecular formula is C77H86N12O8S4. The third-order valence-corrected chi connectivity index (χ3v) is 21.3. The number of nitrogens with one attached hydrogen (secondary N) is 8. The van der Waals surface area contributed by atoms with Crippen molar-refractivity contribution in [1.29, 1.82) is 0 Å². The van der Waals surface area contributed by atoms with Gasteiger partial charge in [0.1, 0.15) is 0 Å². The largest absolute Gasteiger partial charge is 0.314 e. The van der Waals surface area contributed by atoms with E-state index < -0.39 is 40.1 Å². The molecule has 0 fully saturated rings. The first-order chi connectivity index (χ1) is 48.3. The summed E-state index contributed by atoms with van der Waals surface area (Å²) in [6, 6.07) is 65.0. The highest BCUT2D eigenvalue weighted by Gasteiger charge is 2.21. The second-order valence-corrected chi connectivity index (χ2v) is 31.1. The Morgan fingerprint density at radius 3 is 0.851 bits per heavy atom. The van der Waals surface area contributed by atoms with Crippen molar-refractivity contribution in [3.8, 4) is 0 Å². The van der Waals surface area contributed by atoms with Crippen molar-refractivity contribution in [2.75, 3.05) is 39.0 Å². The molecule has 0 aliphatic carbocycles. The van der Waals surface area contributed by atoms with E-state index in [0.717, 1.165) is 86.1 Å². The number of hydrogen-bond acceptors (Lipinski definition) is 16. The molecule has 101 heavy (non-hydrogen) atoms. The number of rotatable bonds is 24. The average molecular weight is 1440 g/mol. The molecule has 4 heterocycles. The van der Waals surface area contributed by atoms with Crippen LogP contribution in [-0.4, -0.2) is 79.8 Å². The summed E-state index contributed by atoms with van der Waals surface area (Å²) in [4.78, 5) is 19.4. The SMILES string of the molecule is CCCNCc1ccc2cccc(NS(=O)(=O)c3ccc(C)cc3)c2n1.CCNCc1ccc2cccc(NS(=O)(=O)c3ccc(C)cc3)c2n1.CNCc1ccc2cccc(NS(=O)(=O)c3ccc(C)cc3)c2n1.Cc1ccc(S(=O)(=O)Nc2cccc3ccc(CNC(C)C)nc23)cc1. The number of pyridine rings is 4. The van der Waals surface area contributed by atoms with E-state index in [1.165, 1.54) is 0 Å². The Morgan fingerprint density at radius 2 is 0.594 bits per heavy atom. The second-order valence-electron chi connectivity index (χ2n) is 24.4. The fourth-order valence-corrected chi connectivity index (χ4v) is 14.6. The van der Waals surface area contributed by atoms with Crippen molar-refractivity contribution in [2.45, 2.75) is 114 Å². The zero-order valence-corrected chi connectivity index (χ0v) is 61.3. The number of benzene rings is 8. The van der Waals surface area contributed by atoms with Gasteiger partial charge in [-0.15, -0.1) is 0 Å². The summed E-state index contributed by atoms with van der Waals surface area (Å²) in [6.07, 6.45) is 1.05. The molecule has 0 spiro atoms. The Kier molecular flexibility index (Phi) is 25.8. The summed E-state index contributed by atoms with van der Waals surface area (Å²) in [5.74, 6) is 0. The molecule has 8 aromatic carbocycles. The maximum absolute atomic E-state index is 12.7. The number of fused-ring (bicyclic) bond motifs is 4. The molecule has 0 aliphatic heterocycles. The number of aromatic nitrogens is 4. The van der Waals surface area contributed by atoms with Crippen LogP contribution in [0.15, 0.2) is 238 Å². The third-order valence-electron chi connectivity index (χ3n) is 15.8. The lowest BCUT2D eigenvalue weighted by atomic mass is 10.1.